The standard InChI is InChI=1S/C16H15Cl2NO3/c17-12-6-7-15(14(18)10-12)22-11-16(20)19-8-9-21-13-4-2-1-3-5-13/h1-7,10H,8-9,11H2,(H,19,20). The van der Waals surface area contributed by atoms with E-state index in [4.69, 9.17) is 32.7 Å². The van der Waals surface area contributed by atoms with Gasteiger partial charge in [0.15, 0.2) is 6.61 Å². The van der Waals surface area contributed by atoms with Gasteiger partial charge in [-0.25, -0.2) is 0 Å². The first kappa shape index (κ1) is 16.5. The van der Waals surface area contributed by atoms with Gasteiger partial charge in [-0.15, -0.1) is 0 Å². The highest BCUT2D eigenvalue weighted by Crippen LogP contribution is 2.27. The highest BCUT2D eigenvalue weighted by Gasteiger charge is 2.06. The van der Waals surface area contributed by atoms with Crippen LogP contribution in [-0.2, 0) is 4.79 Å². The van der Waals surface area contributed by atoms with Crippen molar-refractivity contribution in [2.24, 2.45) is 0 Å². The van der Waals surface area contributed by atoms with Crippen molar-refractivity contribution in [3.8, 4) is 11.5 Å². The van der Waals surface area contributed by atoms with Crippen molar-refractivity contribution in [1.29, 1.82) is 0 Å². The second-order valence-electron chi connectivity index (χ2n) is 4.37. The SMILES string of the molecule is O=C(COc1ccc(Cl)cc1Cl)NCCOc1ccccc1. The summed E-state index contributed by atoms with van der Waals surface area (Å²) in [5.41, 5.74) is 0. The van der Waals surface area contributed by atoms with Crippen molar-refractivity contribution >= 4 is 29.1 Å². The maximum atomic E-state index is 11.6. The molecule has 0 unspecified atom stereocenters. The molecule has 0 aliphatic heterocycles. The first-order chi connectivity index (χ1) is 10.6. The van der Waals surface area contributed by atoms with E-state index in [-0.39, 0.29) is 12.5 Å². The van der Waals surface area contributed by atoms with Gasteiger partial charge in [0.25, 0.3) is 5.91 Å². The van der Waals surface area contributed by atoms with Crippen molar-refractivity contribution in [3.05, 3.63) is 58.6 Å². The number of rotatable bonds is 7. The number of benzene rings is 2. The van der Waals surface area contributed by atoms with Crippen molar-refractivity contribution in [3.63, 3.8) is 0 Å². The van der Waals surface area contributed by atoms with Gasteiger partial charge in [-0.3, -0.25) is 4.79 Å². The van der Waals surface area contributed by atoms with Gasteiger partial charge in [-0.2, -0.15) is 0 Å². The van der Waals surface area contributed by atoms with Crippen LogP contribution in [0.4, 0.5) is 0 Å². The number of nitrogens with one attached hydrogen (secondary N) is 1. The number of hydrogen-bond donors (Lipinski definition) is 1. The molecule has 0 atom stereocenters. The summed E-state index contributed by atoms with van der Waals surface area (Å²) < 4.78 is 10.8. The molecular weight excluding hydrogens is 325 g/mol. The Bertz CT molecular complexity index is 620. The molecule has 0 saturated carbocycles. The van der Waals surface area contributed by atoms with Gasteiger partial charge < -0.3 is 14.8 Å². The van der Waals surface area contributed by atoms with E-state index in [1.165, 1.54) is 0 Å². The summed E-state index contributed by atoms with van der Waals surface area (Å²) in [4.78, 5) is 11.6. The topological polar surface area (TPSA) is 47.6 Å². The van der Waals surface area contributed by atoms with Crippen LogP contribution in [0.25, 0.3) is 0 Å². The molecular formula is C16H15Cl2NO3. The Hall–Kier alpha value is -1.91. The number of ether oxygens (including phenoxy) is 2. The molecule has 0 spiro atoms. The summed E-state index contributed by atoms with van der Waals surface area (Å²) in [6.07, 6.45) is 0. The fourth-order valence-electron chi connectivity index (χ4n) is 1.66. The summed E-state index contributed by atoms with van der Waals surface area (Å²) in [7, 11) is 0. The van der Waals surface area contributed by atoms with Crippen LogP contribution in [0, 0.1) is 0 Å². The first-order valence-electron chi connectivity index (χ1n) is 6.67. The third kappa shape index (κ3) is 5.47. The lowest BCUT2D eigenvalue weighted by Crippen LogP contribution is -2.32. The third-order valence-electron chi connectivity index (χ3n) is 2.69. The van der Waals surface area contributed by atoms with E-state index in [0.717, 1.165) is 5.75 Å². The average molecular weight is 340 g/mol. The van der Waals surface area contributed by atoms with Crippen LogP contribution in [0.2, 0.25) is 10.0 Å². The average Bonchev–Trinajstić information content (AvgIpc) is 2.52. The summed E-state index contributed by atoms with van der Waals surface area (Å²) in [6.45, 7) is 0.662. The zero-order valence-corrected chi connectivity index (χ0v) is 13.2. The van der Waals surface area contributed by atoms with Crippen molar-refractivity contribution in [2.75, 3.05) is 19.8 Å². The summed E-state index contributed by atoms with van der Waals surface area (Å²) >= 11 is 11.7. The van der Waals surface area contributed by atoms with Gasteiger partial charge in [0.1, 0.15) is 18.1 Å². The molecule has 0 aromatic heterocycles. The minimum Gasteiger partial charge on any atom is -0.492 e. The first-order valence-corrected chi connectivity index (χ1v) is 7.43. The quantitative estimate of drug-likeness (QED) is 0.784. The van der Waals surface area contributed by atoms with E-state index in [2.05, 4.69) is 5.32 Å². The third-order valence-corrected chi connectivity index (χ3v) is 3.22. The van der Waals surface area contributed by atoms with Crippen molar-refractivity contribution in [1.82, 2.24) is 5.32 Å². The molecule has 0 saturated heterocycles. The number of halogens is 2. The molecule has 6 heteroatoms. The Morgan fingerprint density at radius 3 is 2.55 bits per heavy atom. The summed E-state index contributed by atoms with van der Waals surface area (Å²) in [5.74, 6) is 0.936. The molecule has 0 radical (unpaired) electrons. The van der Waals surface area contributed by atoms with Crippen LogP contribution >= 0.6 is 23.2 Å². The van der Waals surface area contributed by atoms with Crippen LogP contribution < -0.4 is 14.8 Å². The Morgan fingerprint density at radius 1 is 1.05 bits per heavy atom. The van der Waals surface area contributed by atoms with E-state index >= 15 is 0 Å². The Balaban J connectivity index is 1.65. The van der Waals surface area contributed by atoms with Crippen LogP contribution in [0.5, 0.6) is 11.5 Å². The summed E-state index contributed by atoms with van der Waals surface area (Å²) in [5, 5.41) is 3.58. The highest BCUT2D eigenvalue weighted by molar-refractivity contribution is 6.35. The second kappa shape index (κ2) is 8.51. The number of carbonyl (C=O) groups excluding carboxylic acids is 1. The molecule has 2 aromatic rings. The molecule has 0 heterocycles. The lowest BCUT2D eigenvalue weighted by Gasteiger charge is -2.09. The fraction of sp³-hybridized carbons (Fsp3) is 0.188. The van der Waals surface area contributed by atoms with E-state index in [0.29, 0.717) is 28.9 Å². The molecule has 22 heavy (non-hydrogen) atoms. The lowest BCUT2D eigenvalue weighted by molar-refractivity contribution is -0.123. The zero-order chi connectivity index (χ0) is 15.8. The number of para-hydroxylation sites is 1. The predicted molar refractivity (Wildman–Crippen MR) is 86.9 cm³/mol. The number of hydrogen-bond acceptors (Lipinski definition) is 3. The molecule has 116 valence electrons. The smallest absolute Gasteiger partial charge is 0.258 e. The number of amides is 1. The van der Waals surface area contributed by atoms with E-state index in [9.17, 15) is 4.79 Å². The monoisotopic (exact) mass is 339 g/mol. The molecule has 1 amide bonds. The van der Waals surface area contributed by atoms with Gasteiger partial charge >= 0.3 is 0 Å². The van der Waals surface area contributed by atoms with E-state index in [1.54, 1.807) is 18.2 Å². The van der Waals surface area contributed by atoms with Gasteiger partial charge in [0.05, 0.1) is 11.6 Å². The minimum atomic E-state index is -0.248. The van der Waals surface area contributed by atoms with Gasteiger partial charge in [-0.05, 0) is 30.3 Å². The van der Waals surface area contributed by atoms with Crippen LogP contribution in [-0.4, -0.2) is 25.7 Å². The molecule has 2 aromatic carbocycles. The van der Waals surface area contributed by atoms with Crippen LogP contribution in [0.1, 0.15) is 0 Å². The van der Waals surface area contributed by atoms with Crippen molar-refractivity contribution in [2.45, 2.75) is 0 Å². The largest absolute Gasteiger partial charge is 0.492 e. The molecule has 0 bridgehead atoms. The molecule has 1 N–H and O–H groups in total. The Morgan fingerprint density at radius 2 is 1.82 bits per heavy atom. The summed E-state index contributed by atoms with van der Waals surface area (Å²) in [6, 6.07) is 14.2. The molecule has 0 fully saturated rings. The van der Waals surface area contributed by atoms with Gasteiger partial charge in [0.2, 0.25) is 0 Å². The Kier molecular flexibility index (Phi) is 6.37. The van der Waals surface area contributed by atoms with Crippen LogP contribution in [0.15, 0.2) is 48.5 Å². The molecule has 2 rings (SSSR count). The lowest BCUT2D eigenvalue weighted by atomic mass is 10.3. The van der Waals surface area contributed by atoms with Crippen molar-refractivity contribution < 1.29 is 14.3 Å². The highest BCUT2D eigenvalue weighted by atomic mass is 35.5. The fourth-order valence-corrected chi connectivity index (χ4v) is 2.13. The van der Waals surface area contributed by atoms with E-state index in [1.807, 2.05) is 30.3 Å². The van der Waals surface area contributed by atoms with E-state index < -0.39 is 0 Å². The Labute approximate surface area is 138 Å². The normalized spacial score (nSPS) is 10.1. The zero-order valence-electron chi connectivity index (χ0n) is 11.7. The number of carbonyl (C=O) groups is 1. The van der Waals surface area contributed by atoms with Crippen LogP contribution in [0.3, 0.4) is 0 Å². The molecule has 4 nitrogen and oxygen atoms in total. The maximum absolute atomic E-state index is 11.6. The molecule has 0 aliphatic carbocycles. The van der Waals surface area contributed by atoms with Gasteiger partial charge in [-0.1, -0.05) is 41.4 Å². The second-order valence-corrected chi connectivity index (χ2v) is 5.22. The maximum Gasteiger partial charge on any atom is 0.258 e. The molecule has 0 aliphatic rings. The minimum absolute atomic E-state index is 0.118. The van der Waals surface area contributed by atoms with Gasteiger partial charge in [0, 0.05) is 5.02 Å². The predicted octanol–water partition coefficient (Wildman–Crippen LogP) is 3.57.